The molecule has 0 unspecified atom stereocenters. The third kappa shape index (κ3) is 2.46. The summed E-state index contributed by atoms with van der Waals surface area (Å²) >= 11 is 0. The largest absolute Gasteiger partial charge is 0.306 e. The van der Waals surface area contributed by atoms with E-state index < -0.39 is 0 Å². The van der Waals surface area contributed by atoms with Crippen molar-refractivity contribution in [3.8, 4) is 0 Å². The maximum absolute atomic E-state index is 4.84. The first-order valence-corrected chi connectivity index (χ1v) is 8.53. The van der Waals surface area contributed by atoms with Crippen molar-refractivity contribution in [2.75, 3.05) is 20.1 Å². The van der Waals surface area contributed by atoms with E-state index in [9.17, 15) is 0 Å². The van der Waals surface area contributed by atoms with Crippen molar-refractivity contribution < 1.29 is 0 Å². The Morgan fingerprint density at radius 1 is 0.955 bits per heavy atom. The number of hydrogen-bond donors (Lipinski definition) is 0. The molecular formula is C20H24N2. The molecule has 1 fully saturated rings. The highest BCUT2D eigenvalue weighted by molar-refractivity contribution is 5.42. The number of hydrogen-bond acceptors (Lipinski definition) is 2. The van der Waals surface area contributed by atoms with Crippen molar-refractivity contribution in [3.63, 3.8) is 0 Å². The molecule has 1 aromatic heterocycles. The quantitative estimate of drug-likeness (QED) is 0.797. The molecule has 1 aliphatic carbocycles. The first-order chi connectivity index (χ1) is 10.8. The summed E-state index contributed by atoms with van der Waals surface area (Å²) in [6, 6.07) is 13.4. The molecule has 2 aliphatic rings. The lowest BCUT2D eigenvalue weighted by atomic mass is 9.76. The van der Waals surface area contributed by atoms with Gasteiger partial charge in [-0.05, 0) is 74.5 Å². The molecule has 22 heavy (non-hydrogen) atoms. The first kappa shape index (κ1) is 14.0. The molecule has 1 atom stereocenters. The number of benzene rings is 1. The number of nitrogens with zero attached hydrogens (tertiary/aromatic N) is 2. The smallest absolute Gasteiger partial charge is 0.0513 e. The molecule has 4 rings (SSSR count). The third-order valence-electron chi connectivity index (χ3n) is 5.51. The van der Waals surface area contributed by atoms with Crippen LogP contribution in [0, 0.1) is 5.92 Å². The minimum atomic E-state index is 0.489. The van der Waals surface area contributed by atoms with Gasteiger partial charge in [0.2, 0.25) is 0 Å². The molecule has 2 nitrogen and oxygen atoms in total. The van der Waals surface area contributed by atoms with Gasteiger partial charge in [-0.15, -0.1) is 0 Å². The van der Waals surface area contributed by atoms with Gasteiger partial charge < -0.3 is 4.90 Å². The highest BCUT2D eigenvalue weighted by Gasteiger charge is 2.32. The highest BCUT2D eigenvalue weighted by atomic mass is 15.1. The third-order valence-corrected chi connectivity index (χ3v) is 5.51. The molecule has 0 N–H and O–H groups in total. The maximum Gasteiger partial charge on any atom is 0.0513 e. The van der Waals surface area contributed by atoms with Gasteiger partial charge in [0.15, 0.2) is 0 Å². The van der Waals surface area contributed by atoms with E-state index in [4.69, 9.17) is 4.98 Å². The zero-order valence-electron chi connectivity index (χ0n) is 13.3. The van der Waals surface area contributed by atoms with Crippen molar-refractivity contribution in [2.45, 2.75) is 31.6 Å². The summed E-state index contributed by atoms with van der Waals surface area (Å²) in [7, 11) is 2.24. The van der Waals surface area contributed by atoms with Crippen molar-refractivity contribution >= 4 is 0 Å². The number of pyridine rings is 1. The Morgan fingerprint density at radius 3 is 2.55 bits per heavy atom. The van der Waals surface area contributed by atoms with E-state index in [2.05, 4.69) is 48.3 Å². The normalized spacial score (nSPS) is 22.7. The van der Waals surface area contributed by atoms with E-state index in [1.54, 1.807) is 0 Å². The molecule has 2 heterocycles. The average molecular weight is 292 g/mol. The van der Waals surface area contributed by atoms with E-state index in [1.807, 2.05) is 6.20 Å². The van der Waals surface area contributed by atoms with Crippen molar-refractivity contribution in [1.29, 1.82) is 0 Å². The molecular weight excluding hydrogens is 268 g/mol. The number of piperidine rings is 1. The zero-order chi connectivity index (χ0) is 14.9. The van der Waals surface area contributed by atoms with Gasteiger partial charge in [-0.2, -0.15) is 0 Å². The van der Waals surface area contributed by atoms with E-state index in [0.717, 1.165) is 18.8 Å². The van der Waals surface area contributed by atoms with Gasteiger partial charge in [-0.1, -0.05) is 30.3 Å². The molecule has 114 valence electrons. The van der Waals surface area contributed by atoms with Gasteiger partial charge in [0.05, 0.1) is 5.69 Å². The van der Waals surface area contributed by atoms with Crippen LogP contribution in [0.25, 0.3) is 0 Å². The SMILES string of the molecule is CN1CCC([C@@H]2c3ccccc3CCc3cccnc32)CC1. The summed E-state index contributed by atoms with van der Waals surface area (Å²) in [6.45, 7) is 2.43. The second kappa shape index (κ2) is 5.85. The van der Waals surface area contributed by atoms with Crippen LogP contribution < -0.4 is 0 Å². The fourth-order valence-electron chi connectivity index (χ4n) is 4.26. The van der Waals surface area contributed by atoms with Crippen LogP contribution in [0.2, 0.25) is 0 Å². The maximum atomic E-state index is 4.84. The fourth-order valence-corrected chi connectivity index (χ4v) is 4.26. The topological polar surface area (TPSA) is 16.1 Å². The zero-order valence-corrected chi connectivity index (χ0v) is 13.3. The van der Waals surface area contributed by atoms with Crippen LogP contribution in [0.5, 0.6) is 0 Å². The van der Waals surface area contributed by atoms with Gasteiger partial charge >= 0.3 is 0 Å². The predicted octanol–water partition coefficient (Wildman–Crippen LogP) is 3.65. The lowest BCUT2D eigenvalue weighted by Gasteiger charge is -2.35. The Bertz CT molecular complexity index is 609. The number of aromatic nitrogens is 1. The monoisotopic (exact) mass is 292 g/mol. The van der Waals surface area contributed by atoms with Gasteiger partial charge in [0.1, 0.15) is 0 Å². The van der Waals surface area contributed by atoms with Crippen molar-refractivity contribution in [1.82, 2.24) is 9.88 Å². The number of likely N-dealkylation sites (tertiary alicyclic amines) is 1. The summed E-state index contributed by atoms with van der Waals surface area (Å²) in [4.78, 5) is 7.30. The highest BCUT2D eigenvalue weighted by Crippen LogP contribution is 2.41. The van der Waals surface area contributed by atoms with Crippen LogP contribution in [0.15, 0.2) is 42.6 Å². The first-order valence-electron chi connectivity index (χ1n) is 8.53. The Labute approximate surface area is 133 Å². The Morgan fingerprint density at radius 2 is 1.68 bits per heavy atom. The Kier molecular flexibility index (Phi) is 3.71. The molecule has 0 bridgehead atoms. The summed E-state index contributed by atoms with van der Waals surface area (Å²) < 4.78 is 0. The van der Waals surface area contributed by atoms with Crippen LogP contribution in [0.1, 0.15) is 41.1 Å². The molecule has 0 saturated carbocycles. The molecule has 1 saturated heterocycles. The van der Waals surface area contributed by atoms with E-state index >= 15 is 0 Å². The number of aryl methyl sites for hydroxylation is 2. The van der Waals surface area contributed by atoms with Crippen LogP contribution in [-0.2, 0) is 12.8 Å². The van der Waals surface area contributed by atoms with Gasteiger partial charge in [-0.25, -0.2) is 0 Å². The summed E-state index contributed by atoms with van der Waals surface area (Å²) in [6.07, 6.45) is 6.83. The van der Waals surface area contributed by atoms with Crippen LogP contribution in [0.3, 0.4) is 0 Å². The molecule has 2 aromatic rings. The lowest BCUT2D eigenvalue weighted by Crippen LogP contribution is -2.33. The van der Waals surface area contributed by atoms with Gasteiger partial charge in [0.25, 0.3) is 0 Å². The molecule has 0 amide bonds. The van der Waals surface area contributed by atoms with Crippen LogP contribution in [-0.4, -0.2) is 30.0 Å². The summed E-state index contributed by atoms with van der Waals surface area (Å²) in [5.74, 6) is 1.22. The van der Waals surface area contributed by atoms with Gasteiger partial charge in [0, 0.05) is 12.1 Å². The molecule has 1 aromatic carbocycles. The predicted molar refractivity (Wildman–Crippen MR) is 90.2 cm³/mol. The van der Waals surface area contributed by atoms with E-state index in [-0.39, 0.29) is 0 Å². The van der Waals surface area contributed by atoms with E-state index in [0.29, 0.717) is 5.92 Å². The van der Waals surface area contributed by atoms with Crippen molar-refractivity contribution in [2.24, 2.45) is 5.92 Å². The minimum absolute atomic E-state index is 0.489. The second-order valence-electron chi connectivity index (χ2n) is 6.86. The fraction of sp³-hybridized carbons (Fsp3) is 0.450. The Balaban J connectivity index is 1.80. The van der Waals surface area contributed by atoms with Crippen LogP contribution >= 0.6 is 0 Å². The summed E-state index contributed by atoms with van der Waals surface area (Å²) in [5.41, 5.74) is 5.88. The summed E-state index contributed by atoms with van der Waals surface area (Å²) in [5, 5.41) is 0. The standard InChI is InChI=1S/C20H24N2/c1-22-13-10-16(11-14-22)19-18-7-3-2-5-15(18)8-9-17-6-4-12-21-20(17)19/h2-7,12,16,19H,8-11,13-14H2,1H3/t19-/m1/s1. The molecule has 1 aliphatic heterocycles. The second-order valence-corrected chi connectivity index (χ2v) is 6.86. The Hall–Kier alpha value is -1.67. The molecule has 0 spiro atoms. The number of fused-ring (bicyclic) bond motifs is 2. The minimum Gasteiger partial charge on any atom is -0.306 e. The van der Waals surface area contributed by atoms with Gasteiger partial charge in [-0.3, -0.25) is 4.98 Å². The van der Waals surface area contributed by atoms with Crippen molar-refractivity contribution in [3.05, 3.63) is 65.0 Å². The van der Waals surface area contributed by atoms with Crippen LogP contribution in [0.4, 0.5) is 0 Å². The average Bonchev–Trinajstić information content (AvgIpc) is 2.73. The lowest BCUT2D eigenvalue weighted by molar-refractivity contribution is 0.206. The van der Waals surface area contributed by atoms with E-state index in [1.165, 1.54) is 48.3 Å². The molecule has 2 heteroatoms. The molecule has 0 radical (unpaired) electrons. The number of rotatable bonds is 1.